The zero-order valence-corrected chi connectivity index (χ0v) is 9.32. The van der Waals surface area contributed by atoms with Crippen LogP contribution in [0.1, 0.15) is 34.1 Å². The molecular formula is C10H20O4. The van der Waals surface area contributed by atoms with Gasteiger partial charge in [0.2, 0.25) is 0 Å². The number of aliphatic carboxylic acids is 1. The average molecular weight is 204 g/mol. The summed E-state index contributed by atoms with van der Waals surface area (Å²) in [6.07, 6.45) is -0.387. The first kappa shape index (κ1) is 13.4. The van der Waals surface area contributed by atoms with Gasteiger partial charge >= 0.3 is 5.97 Å². The maximum absolute atomic E-state index is 10.7. The quantitative estimate of drug-likeness (QED) is 0.509. The van der Waals surface area contributed by atoms with Crippen molar-refractivity contribution < 1.29 is 19.7 Å². The van der Waals surface area contributed by atoms with E-state index in [0.29, 0.717) is 18.9 Å². The Balaban J connectivity index is 3.80. The van der Waals surface area contributed by atoms with Crippen LogP contribution in [0.25, 0.3) is 0 Å². The first-order valence-electron chi connectivity index (χ1n) is 4.94. The smallest absolute Gasteiger partial charge is 0.336 e. The fourth-order valence-corrected chi connectivity index (χ4v) is 0.867. The van der Waals surface area contributed by atoms with Gasteiger partial charge in [0, 0.05) is 0 Å². The first-order valence-corrected chi connectivity index (χ1v) is 4.94. The van der Waals surface area contributed by atoms with E-state index < -0.39 is 12.1 Å². The molecule has 84 valence electrons. The number of rotatable bonds is 7. The molecule has 0 fully saturated rings. The summed E-state index contributed by atoms with van der Waals surface area (Å²) >= 11 is 0. The molecule has 4 heteroatoms. The summed E-state index contributed by atoms with van der Waals surface area (Å²) in [6.45, 7) is 8.26. The van der Waals surface area contributed by atoms with Gasteiger partial charge in [0.15, 0.2) is 6.10 Å². The second-order valence-corrected chi connectivity index (χ2v) is 4.23. The summed E-state index contributed by atoms with van der Waals surface area (Å²) in [7, 11) is 0. The van der Waals surface area contributed by atoms with E-state index in [2.05, 4.69) is 0 Å². The fraction of sp³-hybridized carbons (Fsp3) is 0.900. The largest absolute Gasteiger partial charge is 0.479 e. The van der Waals surface area contributed by atoms with Crippen molar-refractivity contribution in [3.05, 3.63) is 0 Å². The Morgan fingerprint density at radius 3 is 2.14 bits per heavy atom. The molecule has 1 N–H and O–H groups in total. The van der Waals surface area contributed by atoms with E-state index in [4.69, 9.17) is 14.9 Å². The van der Waals surface area contributed by atoms with E-state index in [1.807, 2.05) is 27.7 Å². The van der Waals surface area contributed by atoms with E-state index >= 15 is 0 Å². The lowest BCUT2D eigenvalue weighted by molar-refractivity contribution is -0.326. The van der Waals surface area contributed by atoms with E-state index in [9.17, 15) is 4.79 Å². The summed E-state index contributed by atoms with van der Waals surface area (Å²) in [5.41, 5.74) is 0. The van der Waals surface area contributed by atoms with Crippen molar-refractivity contribution in [2.45, 2.75) is 40.2 Å². The molecule has 1 atom stereocenters. The number of hydrogen-bond donors (Lipinski definition) is 1. The van der Waals surface area contributed by atoms with Crippen LogP contribution in [0, 0.1) is 11.8 Å². The highest BCUT2D eigenvalue weighted by Crippen LogP contribution is 2.09. The predicted molar refractivity (Wildman–Crippen MR) is 52.8 cm³/mol. The Morgan fingerprint density at radius 1 is 1.21 bits per heavy atom. The third kappa shape index (κ3) is 6.86. The Morgan fingerprint density at radius 2 is 1.79 bits per heavy atom. The van der Waals surface area contributed by atoms with Crippen LogP contribution in [0.5, 0.6) is 0 Å². The molecule has 0 amide bonds. The molecule has 0 saturated heterocycles. The average Bonchev–Trinajstić information content (AvgIpc) is 2.00. The van der Waals surface area contributed by atoms with Crippen molar-refractivity contribution in [2.75, 3.05) is 6.61 Å². The maximum Gasteiger partial charge on any atom is 0.336 e. The highest BCUT2D eigenvalue weighted by molar-refractivity contribution is 5.72. The van der Waals surface area contributed by atoms with Crippen LogP contribution in [0.2, 0.25) is 0 Å². The molecule has 0 saturated carbocycles. The summed E-state index contributed by atoms with van der Waals surface area (Å²) in [6, 6.07) is 0. The van der Waals surface area contributed by atoms with Crippen LogP contribution < -0.4 is 0 Å². The van der Waals surface area contributed by atoms with Crippen molar-refractivity contribution in [2.24, 2.45) is 11.8 Å². The van der Waals surface area contributed by atoms with Crippen LogP contribution in [0.15, 0.2) is 0 Å². The lowest BCUT2D eigenvalue weighted by atomic mass is 10.1. The van der Waals surface area contributed by atoms with Gasteiger partial charge in [0.1, 0.15) is 0 Å². The van der Waals surface area contributed by atoms with Crippen molar-refractivity contribution in [3.63, 3.8) is 0 Å². The zero-order valence-electron chi connectivity index (χ0n) is 9.32. The van der Waals surface area contributed by atoms with E-state index in [-0.39, 0.29) is 5.92 Å². The second kappa shape index (κ2) is 6.79. The minimum Gasteiger partial charge on any atom is -0.479 e. The second-order valence-electron chi connectivity index (χ2n) is 4.23. The topological polar surface area (TPSA) is 55.8 Å². The fourth-order valence-electron chi connectivity index (χ4n) is 0.867. The Bertz CT molecular complexity index is 166. The van der Waals surface area contributed by atoms with Crippen molar-refractivity contribution in [1.82, 2.24) is 0 Å². The maximum atomic E-state index is 10.7. The standard InChI is InChI=1S/C10H20O4/c1-7(2)5-9(10(11)12)14-13-6-8(3)4/h7-9H,5-6H2,1-4H3,(H,11,12). The van der Waals surface area contributed by atoms with E-state index in [1.54, 1.807) is 0 Å². The van der Waals surface area contributed by atoms with Gasteiger partial charge in [0.25, 0.3) is 0 Å². The van der Waals surface area contributed by atoms with Crippen molar-refractivity contribution in [3.8, 4) is 0 Å². The Hall–Kier alpha value is -0.610. The first-order chi connectivity index (χ1) is 6.43. The molecule has 0 radical (unpaired) electrons. The van der Waals surface area contributed by atoms with Crippen molar-refractivity contribution >= 4 is 5.97 Å². The number of carboxylic acids is 1. The molecule has 0 aliphatic rings. The SMILES string of the molecule is CC(C)COOC(CC(C)C)C(=O)O. The van der Waals surface area contributed by atoms with Crippen LogP contribution in [0.4, 0.5) is 0 Å². The number of carbonyl (C=O) groups is 1. The van der Waals surface area contributed by atoms with E-state index in [0.717, 1.165) is 0 Å². The minimum absolute atomic E-state index is 0.277. The molecule has 4 nitrogen and oxygen atoms in total. The third-order valence-electron chi connectivity index (χ3n) is 1.55. The van der Waals surface area contributed by atoms with Gasteiger partial charge in [-0.15, -0.1) is 0 Å². The van der Waals surface area contributed by atoms with Crippen LogP contribution in [-0.4, -0.2) is 23.8 Å². The van der Waals surface area contributed by atoms with Gasteiger partial charge in [-0.1, -0.05) is 27.7 Å². The van der Waals surface area contributed by atoms with Crippen molar-refractivity contribution in [1.29, 1.82) is 0 Å². The molecule has 0 aliphatic heterocycles. The van der Waals surface area contributed by atoms with Crippen LogP contribution in [-0.2, 0) is 14.6 Å². The van der Waals surface area contributed by atoms with E-state index in [1.165, 1.54) is 0 Å². The van der Waals surface area contributed by atoms with Crippen LogP contribution in [0.3, 0.4) is 0 Å². The molecular weight excluding hydrogens is 184 g/mol. The van der Waals surface area contributed by atoms with Gasteiger partial charge in [-0.2, -0.15) is 0 Å². The highest BCUT2D eigenvalue weighted by atomic mass is 17.2. The molecule has 0 aliphatic carbocycles. The van der Waals surface area contributed by atoms with Gasteiger partial charge < -0.3 is 5.11 Å². The monoisotopic (exact) mass is 204 g/mol. The predicted octanol–water partition coefficient (Wildman–Crippen LogP) is 2.09. The number of hydrogen-bond acceptors (Lipinski definition) is 3. The Kier molecular flexibility index (Phi) is 6.49. The van der Waals surface area contributed by atoms with Gasteiger partial charge in [-0.25, -0.2) is 14.6 Å². The zero-order chi connectivity index (χ0) is 11.1. The molecule has 0 aromatic heterocycles. The molecule has 0 aromatic rings. The number of carboxylic acid groups (broad SMARTS) is 1. The normalized spacial score (nSPS) is 13.6. The molecule has 0 heterocycles. The van der Waals surface area contributed by atoms with Gasteiger partial charge in [-0.3, -0.25) is 0 Å². The molecule has 0 aromatic carbocycles. The summed E-state index contributed by atoms with van der Waals surface area (Å²) < 4.78 is 0. The highest BCUT2D eigenvalue weighted by Gasteiger charge is 2.20. The molecule has 14 heavy (non-hydrogen) atoms. The molecule has 0 bridgehead atoms. The summed E-state index contributed by atoms with van der Waals surface area (Å²) in [4.78, 5) is 20.4. The summed E-state index contributed by atoms with van der Waals surface area (Å²) in [5, 5.41) is 8.78. The van der Waals surface area contributed by atoms with Gasteiger partial charge in [-0.05, 0) is 18.3 Å². The lowest BCUT2D eigenvalue weighted by Crippen LogP contribution is -2.26. The van der Waals surface area contributed by atoms with Gasteiger partial charge in [0.05, 0.1) is 6.61 Å². The minimum atomic E-state index is -0.970. The lowest BCUT2D eigenvalue weighted by Gasteiger charge is -2.15. The molecule has 1 unspecified atom stereocenters. The Labute approximate surface area is 85.1 Å². The third-order valence-corrected chi connectivity index (χ3v) is 1.55. The molecule has 0 spiro atoms. The van der Waals surface area contributed by atoms with Crippen LogP contribution >= 0.6 is 0 Å². The molecule has 0 rings (SSSR count). The summed E-state index contributed by atoms with van der Waals surface area (Å²) in [5.74, 6) is -0.357.